The van der Waals surface area contributed by atoms with Crippen LogP contribution in [0.1, 0.15) is 22.7 Å². The summed E-state index contributed by atoms with van der Waals surface area (Å²) in [6, 6.07) is 15.1. The van der Waals surface area contributed by atoms with Gasteiger partial charge in [-0.1, -0.05) is 48.0 Å². The predicted octanol–water partition coefficient (Wildman–Crippen LogP) is 2.25. The first-order chi connectivity index (χ1) is 8.22. The maximum atomic E-state index is 9.90. The first-order valence-corrected chi connectivity index (χ1v) is 5.53. The molecular weight excluding hydrogens is 212 g/mol. The van der Waals surface area contributed by atoms with Gasteiger partial charge in [-0.25, -0.2) is 5.43 Å². The van der Waals surface area contributed by atoms with Crippen molar-refractivity contribution in [2.75, 3.05) is 0 Å². The highest BCUT2D eigenvalue weighted by Crippen LogP contribution is 2.29. The molecular formula is C14H16N2O. The van der Waals surface area contributed by atoms with Gasteiger partial charge in [0.25, 0.3) is 0 Å². The Hall–Kier alpha value is -1.84. The van der Waals surface area contributed by atoms with Crippen LogP contribution in [0.2, 0.25) is 0 Å². The van der Waals surface area contributed by atoms with Crippen molar-refractivity contribution in [3.63, 3.8) is 0 Å². The molecule has 0 spiro atoms. The molecule has 0 unspecified atom stereocenters. The van der Waals surface area contributed by atoms with E-state index in [1.165, 1.54) is 0 Å². The zero-order valence-corrected chi connectivity index (χ0v) is 9.72. The molecule has 2 aromatic carbocycles. The topological polar surface area (TPSA) is 58.3 Å². The largest absolute Gasteiger partial charge is 0.508 e. The molecule has 0 saturated carbocycles. The van der Waals surface area contributed by atoms with E-state index in [1.54, 1.807) is 6.07 Å². The molecule has 0 aliphatic heterocycles. The quantitative estimate of drug-likeness (QED) is 0.558. The van der Waals surface area contributed by atoms with Crippen LogP contribution in [0, 0.1) is 6.92 Å². The van der Waals surface area contributed by atoms with E-state index >= 15 is 0 Å². The van der Waals surface area contributed by atoms with Gasteiger partial charge >= 0.3 is 0 Å². The van der Waals surface area contributed by atoms with Crippen molar-refractivity contribution in [2.45, 2.75) is 13.0 Å². The van der Waals surface area contributed by atoms with Gasteiger partial charge in [0, 0.05) is 5.56 Å². The Bertz CT molecular complexity index is 497. The van der Waals surface area contributed by atoms with Gasteiger partial charge in [0.2, 0.25) is 0 Å². The maximum absolute atomic E-state index is 9.90. The molecule has 3 heteroatoms. The molecule has 0 heterocycles. The van der Waals surface area contributed by atoms with E-state index in [4.69, 9.17) is 5.84 Å². The molecule has 88 valence electrons. The molecule has 0 radical (unpaired) electrons. The third-order valence-corrected chi connectivity index (χ3v) is 2.79. The lowest BCUT2D eigenvalue weighted by molar-refractivity contribution is 0.458. The highest BCUT2D eigenvalue weighted by Gasteiger charge is 2.15. The Morgan fingerprint density at radius 3 is 2.47 bits per heavy atom. The number of phenols is 1. The predicted molar refractivity (Wildman–Crippen MR) is 68.5 cm³/mol. The van der Waals surface area contributed by atoms with E-state index in [9.17, 15) is 5.11 Å². The molecule has 0 aliphatic rings. The number of aromatic hydroxyl groups is 1. The lowest BCUT2D eigenvalue weighted by Gasteiger charge is -2.18. The van der Waals surface area contributed by atoms with Crippen LogP contribution in [0.15, 0.2) is 48.5 Å². The number of hydrogen-bond donors (Lipinski definition) is 3. The van der Waals surface area contributed by atoms with Crippen LogP contribution in [0.3, 0.4) is 0 Å². The molecule has 0 aromatic heterocycles. The Morgan fingerprint density at radius 1 is 1.12 bits per heavy atom. The summed E-state index contributed by atoms with van der Waals surface area (Å²) in [7, 11) is 0. The van der Waals surface area contributed by atoms with E-state index < -0.39 is 0 Å². The fourth-order valence-corrected chi connectivity index (χ4v) is 1.92. The summed E-state index contributed by atoms with van der Waals surface area (Å²) in [6.07, 6.45) is 0. The van der Waals surface area contributed by atoms with E-state index in [0.29, 0.717) is 0 Å². The van der Waals surface area contributed by atoms with Gasteiger partial charge in [-0.05, 0) is 18.6 Å². The fourth-order valence-electron chi connectivity index (χ4n) is 1.92. The molecule has 0 saturated heterocycles. The molecule has 3 nitrogen and oxygen atoms in total. The van der Waals surface area contributed by atoms with Gasteiger partial charge < -0.3 is 5.11 Å². The number of rotatable bonds is 3. The van der Waals surface area contributed by atoms with Gasteiger partial charge in [0.1, 0.15) is 5.75 Å². The third kappa shape index (κ3) is 2.46. The molecule has 0 aliphatic carbocycles. The standard InChI is InChI=1S/C14H16N2O/c1-10-7-8-13(17)12(9-10)14(16-15)11-5-3-2-4-6-11/h2-9,14,16-17H,15H2,1H3/t14-/m0/s1. The van der Waals surface area contributed by atoms with Crippen LogP contribution < -0.4 is 11.3 Å². The summed E-state index contributed by atoms with van der Waals surface area (Å²) in [6.45, 7) is 1.99. The number of benzene rings is 2. The van der Waals surface area contributed by atoms with E-state index in [0.717, 1.165) is 16.7 Å². The van der Waals surface area contributed by atoms with E-state index in [1.807, 2.05) is 49.4 Å². The number of hydrazine groups is 1. The molecule has 2 rings (SSSR count). The van der Waals surface area contributed by atoms with Gasteiger partial charge in [-0.2, -0.15) is 0 Å². The van der Waals surface area contributed by atoms with Crippen molar-refractivity contribution in [2.24, 2.45) is 5.84 Å². The molecule has 0 bridgehead atoms. The Kier molecular flexibility index (Phi) is 3.42. The van der Waals surface area contributed by atoms with Gasteiger partial charge in [0.15, 0.2) is 0 Å². The van der Waals surface area contributed by atoms with Crippen LogP contribution in [0.5, 0.6) is 5.75 Å². The number of hydrogen-bond acceptors (Lipinski definition) is 3. The van der Waals surface area contributed by atoms with Crippen LogP contribution in [-0.4, -0.2) is 5.11 Å². The van der Waals surface area contributed by atoms with Gasteiger partial charge in [-0.3, -0.25) is 5.84 Å². The first-order valence-electron chi connectivity index (χ1n) is 5.53. The number of nitrogens with two attached hydrogens (primary N) is 1. The minimum atomic E-state index is -0.198. The van der Waals surface area contributed by atoms with Crippen molar-refractivity contribution in [1.82, 2.24) is 5.43 Å². The highest BCUT2D eigenvalue weighted by molar-refractivity contribution is 5.42. The average Bonchev–Trinajstić information content (AvgIpc) is 2.36. The molecule has 0 amide bonds. The van der Waals surface area contributed by atoms with E-state index in [-0.39, 0.29) is 11.8 Å². The number of aryl methyl sites for hydroxylation is 1. The van der Waals surface area contributed by atoms with Gasteiger partial charge in [0.05, 0.1) is 6.04 Å². The van der Waals surface area contributed by atoms with E-state index in [2.05, 4.69) is 5.43 Å². The minimum absolute atomic E-state index is 0.198. The van der Waals surface area contributed by atoms with Crippen molar-refractivity contribution >= 4 is 0 Å². The summed E-state index contributed by atoms with van der Waals surface area (Å²) in [5.74, 6) is 5.85. The molecule has 17 heavy (non-hydrogen) atoms. The molecule has 4 N–H and O–H groups in total. The van der Waals surface area contributed by atoms with Crippen LogP contribution in [0.25, 0.3) is 0 Å². The third-order valence-electron chi connectivity index (χ3n) is 2.79. The minimum Gasteiger partial charge on any atom is -0.508 e. The fraction of sp³-hybridized carbons (Fsp3) is 0.143. The summed E-state index contributed by atoms with van der Waals surface area (Å²) in [5, 5.41) is 9.90. The van der Waals surface area contributed by atoms with Crippen LogP contribution in [0.4, 0.5) is 0 Å². The average molecular weight is 228 g/mol. The second kappa shape index (κ2) is 4.99. The highest BCUT2D eigenvalue weighted by atomic mass is 16.3. The molecule has 2 aromatic rings. The second-order valence-electron chi connectivity index (χ2n) is 4.07. The zero-order valence-electron chi connectivity index (χ0n) is 9.72. The number of phenolic OH excluding ortho intramolecular Hbond substituents is 1. The lowest BCUT2D eigenvalue weighted by Crippen LogP contribution is -2.28. The normalized spacial score (nSPS) is 12.4. The summed E-state index contributed by atoms with van der Waals surface area (Å²) < 4.78 is 0. The molecule has 1 atom stereocenters. The van der Waals surface area contributed by atoms with Crippen LogP contribution in [-0.2, 0) is 0 Å². The summed E-state index contributed by atoms with van der Waals surface area (Å²) in [4.78, 5) is 0. The van der Waals surface area contributed by atoms with Crippen LogP contribution >= 0.6 is 0 Å². The molecule has 0 fully saturated rings. The number of nitrogens with one attached hydrogen (secondary N) is 1. The summed E-state index contributed by atoms with van der Waals surface area (Å²) >= 11 is 0. The zero-order chi connectivity index (χ0) is 12.3. The van der Waals surface area contributed by atoms with Crippen molar-refractivity contribution in [1.29, 1.82) is 0 Å². The maximum Gasteiger partial charge on any atom is 0.120 e. The Labute approximate surface area is 101 Å². The van der Waals surface area contributed by atoms with Crippen molar-refractivity contribution in [3.8, 4) is 5.75 Å². The Balaban J connectivity index is 2.46. The van der Waals surface area contributed by atoms with Crippen molar-refractivity contribution in [3.05, 3.63) is 65.2 Å². The van der Waals surface area contributed by atoms with Gasteiger partial charge in [-0.15, -0.1) is 0 Å². The Morgan fingerprint density at radius 2 is 1.82 bits per heavy atom. The summed E-state index contributed by atoms with van der Waals surface area (Å²) in [5.41, 5.74) is 5.65. The SMILES string of the molecule is Cc1ccc(O)c([C@@H](NN)c2ccccc2)c1. The van der Waals surface area contributed by atoms with Crippen molar-refractivity contribution < 1.29 is 5.11 Å². The lowest BCUT2D eigenvalue weighted by atomic mass is 9.97. The monoisotopic (exact) mass is 228 g/mol. The second-order valence-corrected chi connectivity index (χ2v) is 4.07. The first kappa shape index (κ1) is 11.6. The smallest absolute Gasteiger partial charge is 0.120 e.